The minimum atomic E-state index is -1.14. The van der Waals surface area contributed by atoms with Gasteiger partial charge in [0.15, 0.2) is 0 Å². The monoisotopic (exact) mass is 288 g/mol. The van der Waals surface area contributed by atoms with E-state index in [1.807, 2.05) is 13.0 Å². The molecule has 1 aliphatic rings. The van der Waals surface area contributed by atoms with Crippen molar-refractivity contribution in [2.75, 3.05) is 0 Å². The number of aliphatic carboxylic acids is 1. The van der Waals surface area contributed by atoms with Crippen molar-refractivity contribution in [1.29, 1.82) is 0 Å². The van der Waals surface area contributed by atoms with Gasteiger partial charge in [0.05, 0.1) is 0 Å². The number of rotatable bonds is 4. The van der Waals surface area contributed by atoms with E-state index in [1.165, 1.54) is 6.08 Å². The van der Waals surface area contributed by atoms with Crippen LogP contribution in [0.25, 0.3) is 6.08 Å². The molecule has 2 rings (SSSR count). The zero-order chi connectivity index (χ0) is 15.3. The molecule has 1 aliphatic carbocycles. The molecular weight excluding hydrogens is 268 g/mol. The van der Waals surface area contributed by atoms with Crippen LogP contribution in [0, 0.1) is 5.92 Å². The molecule has 5 nitrogen and oxygen atoms in total. The Morgan fingerprint density at radius 1 is 1.48 bits per heavy atom. The molecule has 2 atom stereocenters. The van der Waals surface area contributed by atoms with Crippen LogP contribution in [0.15, 0.2) is 30.6 Å². The molecule has 1 amide bonds. The SMILES string of the molecule is CC1CCCCC1(NC(=O)C=Cc1cccnc1)C(=O)O. The number of aromatic nitrogens is 1. The molecule has 1 heterocycles. The van der Waals surface area contributed by atoms with E-state index in [1.54, 1.807) is 24.5 Å². The van der Waals surface area contributed by atoms with Gasteiger partial charge in [-0.3, -0.25) is 9.78 Å². The lowest BCUT2D eigenvalue weighted by Crippen LogP contribution is -2.59. The minimum absolute atomic E-state index is 0.0699. The van der Waals surface area contributed by atoms with Gasteiger partial charge in [0.25, 0.3) is 0 Å². The first-order chi connectivity index (χ1) is 10.0. The number of carbonyl (C=O) groups excluding carboxylic acids is 1. The Morgan fingerprint density at radius 3 is 2.90 bits per heavy atom. The van der Waals surface area contributed by atoms with Gasteiger partial charge in [-0.25, -0.2) is 4.79 Å². The van der Waals surface area contributed by atoms with Crippen molar-refractivity contribution < 1.29 is 14.7 Å². The van der Waals surface area contributed by atoms with E-state index in [9.17, 15) is 14.7 Å². The average Bonchev–Trinajstić information content (AvgIpc) is 2.48. The summed E-state index contributed by atoms with van der Waals surface area (Å²) in [6.45, 7) is 1.89. The lowest BCUT2D eigenvalue weighted by molar-refractivity contribution is -0.151. The number of carbonyl (C=O) groups is 2. The van der Waals surface area contributed by atoms with E-state index >= 15 is 0 Å². The first kappa shape index (κ1) is 15.2. The number of carboxylic acid groups (broad SMARTS) is 1. The molecule has 0 aromatic carbocycles. The summed E-state index contributed by atoms with van der Waals surface area (Å²) in [6.07, 6.45) is 9.42. The molecule has 0 spiro atoms. The Labute approximate surface area is 124 Å². The van der Waals surface area contributed by atoms with Gasteiger partial charge in [0, 0.05) is 18.5 Å². The normalized spacial score (nSPS) is 25.7. The van der Waals surface area contributed by atoms with Crippen LogP contribution >= 0.6 is 0 Å². The molecule has 1 aromatic heterocycles. The Morgan fingerprint density at radius 2 is 2.29 bits per heavy atom. The molecule has 2 unspecified atom stereocenters. The van der Waals surface area contributed by atoms with Crippen LogP contribution in [0.1, 0.15) is 38.2 Å². The first-order valence-electron chi connectivity index (χ1n) is 7.18. The Kier molecular flexibility index (Phi) is 4.73. The van der Waals surface area contributed by atoms with Crippen molar-refractivity contribution in [2.45, 2.75) is 38.1 Å². The van der Waals surface area contributed by atoms with E-state index < -0.39 is 11.5 Å². The number of hydrogen-bond donors (Lipinski definition) is 2. The van der Waals surface area contributed by atoms with Gasteiger partial charge < -0.3 is 10.4 Å². The highest BCUT2D eigenvalue weighted by atomic mass is 16.4. The van der Waals surface area contributed by atoms with Crippen LogP contribution in [0.5, 0.6) is 0 Å². The van der Waals surface area contributed by atoms with Crippen LogP contribution in [0.3, 0.4) is 0 Å². The number of carboxylic acids is 1. The molecule has 21 heavy (non-hydrogen) atoms. The second-order valence-electron chi connectivity index (χ2n) is 5.53. The average molecular weight is 288 g/mol. The van der Waals surface area contributed by atoms with Gasteiger partial charge in [-0.15, -0.1) is 0 Å². The fraction of sp³-hybridized carbons (Fsp3) is 0.438. The van der Waals surface area contributed by atoms with Gasteiger partial charge in [-0.2, -0.15) is 0 Å². The molecule has 0 saturated heterocycles. The van der Waals surface area contributed by atoms with Crippen LogP contribution in [0.4, 0.5) is 0 Å². The van der Waals surface area contributed by atoms with E-state index in [-0.39, 0.29) is 11.8 Å². The smallest absolute Gasteiger partial charge is 0.329 e. The third-order valence-corrected chi connectivity index (χ3v) is 4.14. The fourth-order valence-electron chi connectivity index (χ4n) is 2.81. The standard InChI is InChI=1S/C16H20N2O3/c1-12-5-2-3-9-16(12,15(20)21)18-14(19)8-7-13-6-4-10-17-11-13/h4,6-8,10-12H,2-3,5,9H2,1H3,(H,18,19)(H,20,21). The maximum Gasteiger partial charge on any atom is 0.329 e. The predicted molar refractivity (Wildman–Crippen MR) is 79.4 cm³/mol. The van der Waals surface area contributed by atoms with Crippen LogP contribution in [0.2, 0.25) is 0 Å². The topological polar surface area (TPSA) is 79.3 Å². The second kappa shape index (κ2) is 6.52. The number of nitrogens with zero attached hydrogens (tertiary/aromatic N) is 1. The zero-order valence-electron chi connectivity index (χ0n) is 12.1. The summed E-state index contributed by atoms with van der Waals surface area (Å²) >= 11 is 0. The third-order valence-electron chi connectivity index (χ3n) is 4.14. The molecule has 0 bridgehead atoms. The van der Waals surface area contributed by atoms with Gasteiger partial charge >= 0.3 is 5.97 Å². The molecule has 1 saturated carbocycles. The largest absolute Gasteiger partial charge is 0.479 e. The van der Waals surface area contributed by atoms with Crippen LogP contribution in [-0.2, 0) is 9.59 Å². The maximum atomic E-state index is 12.1. The minimum Gasteiger partial charge on any atom is -0.479 e. The lowest BCUT2D eigenvalue weighted by atomic mass is 9.73. The van der Waals surface area contributed by atoms with Crippen molar-refractivity contribution in [1.82, 2.24) is 10.3 Å². The highest BCUT2D eigenvalue weighted by Crippen LogP contribution is 2.33. The number of nitrogens with one attached hydrogen (secondary N) is 1. The fourth-order valence-corrected chi connectivity index (χ4v) is 2.81. The van der Waals surface area contributed by atoms with Crippen molar-refractivity contribution >= 4 is 18.0 Å². The molecule has 0 radical (unpaired) electrons. The first-order valence-corrected chi connectivity index (χ1v) is 7.18. The second-order valence-corrected chi connectivity index (χ2v) is 5.53. The number of pyridine rings is 1. The summed E-state index contributed by atoms with van der Waals surface area (Å²) in [6, 6.07) is 3.60. The van der Waals surface area contributed by atoms with E-state index in [0.29, 0.717) is 6.42 Å². The summed E-state index contributed by atoms with van der Waals surface area (Å²) in [5, 5.41) is 12.3. The Bertz CT molecular complexity index is 542. The molecule has 0 aliphatic heterocycles. The van der Waals surface area contributed by atoms with E-state index in [2.05, 4.69) is 10.3 Å². The third kappa shape index (κ3) is 3.48. The van der Waals surface area contributed by atoms with E-state index in [4.69, 9.17) is 0 Å². The summed E-state index contributed by atoms with van der Waals surface area (Å²) < 4.78 is 0. The van der Waals surface area contributed by atoms with Gasteiger partial charge in [0.1, 0.15) is 5.54 Å². The van der Waals surface area contributed by atoms with Crippen molar-refractivity contribution in [2.24, 2.45) is 5.92 Å². The van der Waals surface area contributed by atoms with Gasteiger partial charge in [-0.05, 0) is 36.5 Å². The Balaban J connectivity index is 2.09. The Hall–Kier alpha value is -2.17. The van der Waals surface area contributed by atoms with Crippen molar-refractivity contribution in [3.8, 4) is 0 Å². The number of hydrogen-bond acceptors (Lipinski definition) is 3. The summed E-state index contributed by atoms with van der Waals surface area (Å²) in [5.41, 5.74) is -0.344. The molecule has 5 heteroatoms. The number of amides is 1. The maximum absolute atomic E-state index is 12.1. The summed E-state index contributed by atoms with van der Waals surface area (Å²) in [4.78, 5) is 27.7. The molecule has 1 fully saturated rings. The van der Waals surface area contributed by atoms with Crippen LogP contribution in [-0.4, -0.2) is 27.5 Å². The van der Waals surface area contributed by atoms with E-state index in [0.717, 1.165) is 24.8 Å². The summed E-state index contributed by atoms with van der Waals surface area (Å²) in [5.74, 6) is -1.40. The van der Waals surface area contributed by atoms with Gasteiger partial charge in [-0.1, -0.05) is 25.8 Å². The highest BCUT2D eigenvalue weighted by molar-refractivity contribution is 5.96. The lowest BCUT2D eigenvalue weighted by Gasteiger charge is -2.39. The summed E-state index contributed by atoms with van der Waals surface area (Å²) in [7, 11) is 0. The molecule has 2 N–H and O–H groups in total. The van der Waals surface area contributed by atoms with Crippen molar-refractivity contribution in [3.05, 3.63) is 36.2 Å². The molecule has 1 aromatic rings. The quantitative estimate of drug-likeness (QED) is 0.833. The highest BCUT2D eigenvalue weighted by Gasteiger charge is 2.45. The molecular formula is C16H20N2O3. The zero-order valence-corrected chi connectivity index (χ0v) is 12.1. The van der Waals surface area contributed by atoms with Gasteiger partial charge in [0.2, 0.25) is 5.91 Å². The van der Waals surface area contributed by atoms with Crippen molar-refractivity contribution in [3.63, 3.8) is 0 Å². The van der Waals surface area contributed by atoms with Crippen LogP contribution < -0.4 is 5.32 Å². The predicted octanol–water partition coefficient (Wildman–Crippen LogP) is 2.24. The molecule has 112 valence electrons.